The van der Waals surface area contributed by atoms with E-state index in [1.165, 1.54) is 0 Å². The Morgan fingerprint density at radius 1 is 1.35 bits per heavy atom. The zero-order valence-corrected chi connectivity index (χ0v) is 10.6. The van der Waals surface area contributed by atoms with E-state index < -0.39 is 0 Å². The van der Waals surface area contributed by atoms with E-state index in [0.29, 0.717) is 11.3 Å². The summed E-state index contributed by atoms with van der Waals surface area (Å²) in [5.74, 6) is 0.537. The third kappa shape index (κ3) is 2.80. The van der Waals surface area contributed by atoms with Crippen LogP contribution in [0.5, 0.6) is 11.8 Å². The van der Waals surface area contributed by atoms with Gasteiger partial charge >= 0.3 is 6.01 Å². The highest BCUT2D eigenvalue weighted by Crippen LogP contribution is 2.24. The van der Waals surface area contributed by atoms with Gasteiger partial charge < -0.3 is 4.74 Å². The van der Waals surface area contributed by atoms with Gasteiger partial charge in [-0.05, 0) is 47.1 Å². The van der Waals surface area contributed by atoms with Gasteiger partial charge in [-0.2, -0.15) is 5.26 Å². The van der Waals surface area contributed by atoms with E-state index >= 15 is 0 Å². The third-order valence-electron chi connectivity index (χ3n) is 2.04. The van der Waals surface area contributed by atoms with Gasteiger partial charge in [-0.3, -0.25) is 0 Å². The number of nitriles is 1. The Kier molecular flexibility index (Phi) is 3.35. The first-order chi connectivity index (χ1) is 8.19. The standard InChI is InChI=1S/C12H8BrN3O/c1-8-4-5-15-12(16-8)17-10-2-3-11(13)9(6-10)7-14/h2-6H,1H3. The quantitative estimate of drug-likeness (QED) is 0.852. The van der Waals surface area contributed by atoms with Gasteiger partial charge in [-0.15, -0.1) is 0 Å². The molecular formula is C12H8BrN3O. The molecule has 4 nitrogen and oxygen atoms in total. The lowest BCUT2D eigenvalue weighted by Gasteiger charge is -2.04. The predicted octanol–water partition coefficient (Wildman–Crippen LogP) is 3.21. The molecule has 84 valence electrons. The molecule has 0 radical (unpaired) electrons. The van der Waals surface area contributed by atoms with Crippen molar-refractivity contribution < 1.29 is 4.74 Å². The van der Waals surface area contributed by atoms with Crippen molar-refractivity contribution in [1.29, 1.82) is 5.26 Å². The average Bonchev–Trinajstić information content (AvgIpc) is 2.32. The Labute approximate surface area is 107 Å². The minimum absolute atomic E-state index is 0.274. The second-order valence-corrected chi connectivity index (χ2v) is 4.19. The van der Waals surface area contributed by atoms with E-state index in [9.17, 15) is 0 Å². The van der Waals surface area contributed by atoms with Gasteiger partial charge in [0.1, 0.15) is 11.8 Å². The van der Waals surface area contributed by atoms with Crippen LogP contribution in [-0.4, -0.2) is 9.97 Å². The van der Waals surface area contributed by atoms with Crippen molar-refractivity contribution in [3.8, 4) is 17.8 Å². The summed E-state index contributed by atoms with van der Waals surface area (Å²) >= 11 is 3.28. The van der Waals surface area contributed by atoms with Crippen molar-refractivity contribution >= 4 is 15.9 Å². The number of hydrogen-bond acceptors (Lipinski definition) is 4. The maximum absolute atomic E-state index is 8.89. The Morgan fingerprint density at radius 3 is 2.88 bits per heavy atom. The van der Waals surface area contributed by atoms with Gasteiger partial charge in [0.15, 0.2) is 0 Å². The highest BCUT2D eigenvalue weighted by Gasteiger charge is 2.04. The van der Waals surface area contributed by atoms with E-state index in [1.807, 2.05) is 6.92 Å². The number of aromatic nitrogens is 2. The summed E-state index contributed by atoms with van der Waals surface area (Å²) in [5.41, 5.74) is 1.34. The van der Waals surface area contributed by atoms with Crippen molar-refractivity contribution in [2.75, 3.05) is 0 Å². The number of halogens is 1. The molecule has 5 heteroatoms. The zero-order chi connectivity index (χ0) is 12.3. The first-order valence-corrected chi connectivity index (χ1v) is 5.65. The van der Waals surface area contributed by atoms with Crippen LogP contribution in [0.25, 0.3) is 0 Å². The molecule has 0 N–H and O–H groups in total. The molecule has 1 aromatic heterocycles. The predicted molar refractivity (Wildman–Crippen MR) is 65.7 cm³/mol. The number of benzene rings is 1. The van der Waals surface area contributed by atoms with Crippen LogP contribution in [0.15, 0.2) is 34.9 Å². The first kappa shape index (κ1) is 11.6. The molecule has 1 aromatic carbocycles. The van der Waals surface area contributed by atoms with Crippen LogP contribution in [0.2, 0.25) is 0 Å². The molecule has 0 fully saturated rings. The SMILES string of the molecule is Cc1ccnc(Oc2ccc(Br)c(C#N)c2)n1. The molecule has 0 saturated heterocycles. The summed E-state index contributed by atoms with van der Waals surface area (Å²) in [4.78, 5) is 8.10. The van der Waals surface area contributed by atoms with Gasteiger partial charge in [-0.25, -0.2) is 9.97 Å². The molecule has 0 aliphatic heterocycles. The summed E-state index contributed by atoms with van der Waals surface area (Å²) in [7, 11) is 0. The van der Waals surface area contributed by atoms with Gasteiger partial charge in [0, 0.05) is 16.4 Å². The lowest BCUT2D eigenvalue weighted by molar-refractivity contribution is 0.440. The summed E-state index contributed by atoms with van der Waals surface area (Å²) in [6.07, 6.45) is 1.63. The van der Waals surface area contributed by atoms with Crippen LogP contribution in [0.4, 0.5) is 0 Å². The molecule has 0 aliphatic rings. The fraction of sp³-hybridized carbons (Fsp3) is 0.0833. The lowest BCUT2D eigenvalue weighted by atomic mass is 10.2. The number of hydrogen-bond donors (Lipinski definition) is 0. The van der Waals surface area contributed by atoms with E-state index in [4.69, 9.17) is 10.00 Å². The molecule has 2 rings (SSSR count). The normalized spacial score (nSPS) is 9.71. The molecule has 0 saturated carbocycles. The van der Waals surface area contributed by atoms with E-state index in [0.717, 1.165) is 10.2 Å². The summed E-state index contributed by atoms with van der Waals surface area (Å²) in [6.45, 7) is 1.86. The summed E-state index contributed by atoms with van der Waals surface area (Å²) in [6, 6.07) is 9.26. The van der Waals surface area contributed by atoms with Crippen LogP contribution < -0.4 is 4.74 Å². The van der Waals surface area contributed by atoms with Crippen molar-refractivity contribution in [2.45, 2.75) is 6.92 Å². The van der Waals surface area contributed by atoms with Gasteiger partial charge in [0.25, 0.3) is 0 Å². The summed E-state index contributed by atoms with van der Waals surface area (Å²) < 4.78 is 6.20. The van der Waals surface area contributed by atoms with Crippen molar-refractivity contribution in [3.05, 3.63) is 46.2 Å². The topological polar surface area (TPSA) is 58.8 Å². The van der Waals surface area contributed by atoms with Crippen LogP contribution in [0.3, 0.4) is 0 Å². The largest absolute Gasteiger partial charge is 0.424 e. The molecule has 0 unspecified atom stereocenters. The minimum Gasteiger partial charge on any atom is -0.424 e. The minimum atomic E-state index is 0.274. The van der Waals surface area contributed by atoms with Gasteiger partial charge in [0.05, 0.1) is 5.56 Å². The molecule has 17 heavy (non-hydrogen) atoms. The Hall–Kier alpha value is -1.93. The molecule has 0 bridgehead atoms. The smallest absolute Gasteiger partial charge is 0.322 e. The summed E-state index contributed by atoms with van der Waals surface area (Å²) in [5, 5.41) is 8.89. The fourth-order valence-electron chi connectivity index (χ4n) is 1.23. The number of nitrogens with zero attached hydrogens (tertiary/aromatic N) is 3. The van der Waals surface area contributed by atoms with Crippen molar-refractivity contribution in [1.82, 2.24) is 9.97 Å². The van der Waals surface area contributed by atoms with Crippen LogP contribution in [-0.2, 0) is 0 Å². The van der Waals surface area contributed by atoms with Gasteiger partial charge in [-0.1, -0.05) is 0 Å². The maximum Gasteiger partial charge on any atom is 0.322 e. The molecular weight excluding hydrogens is 282 g/mol. The molecule has 0 aliphatic carbocycles. The first-order valence-electron chi connectivity index (χ1n) is 4.86. The molecule has 1 heterocycles. The van der Waals surface area contributed by atoms with Crippen LogP contribution in [0.1, 0.15) is 11.3 Å². The van der Waals surface area contributed by atoms with Crippen molar-refractivity contribution in [2.24, 2.45) is 0 Å². The van der Waals surface area contributed by atoms with Crippen LogP contribution >= 0.6 is 15.9 Å². The molecule has 2 aromatic rings. The maximum atomic E-state index is 8.89. The number of ether oxygens (including phenoxy) is 1. The second kappa shape index (κ2) is 4.93. The third-order valence-corrected chi connectivity index (χ3v) is 2.73. The lowest BCUT2D eigenvalue weighted by Crippen LogP contribution is -1.93. The number of rotatable bonds is 2. The van der Waals surface area contributed by atoms with Gasteiger partial charge in [0.2, 0.25) is 0 Å². The number of aryl methyl sites for hydroxylation is 1. The monoisotopic (exact) mass is 289 g/mol. The van der Waals surface area contributed by atoms with E-state index in [-0.39, 0.29) is 6.01 Å². The van der Waals surface area contributed by atoms with E-state index in [1.54, 1.807) is 30.5 Å². The Balaban J connectivity index is 2.28. The highest BCUT2D eigenvalue weighted by atomic mass is 79.9. The highest BCUT2D eigenvalue weighted by molar-refractivity contribution is 9.10. The second-order valence-electron chi connectivity index (χ2n) is 3.34. The molecule has 0 atom stereocenters. The fourth-order valence-corrected chi connectivity index (χ4v) is 1.57. The van der Waals surface area contributed by atoms with Crippen molar-refractivity contribution in [3.63, 3.8) is 0 Å². The van der Waals surface area contributed by atoms with E-state index in [2.05, 4.69) is 32.0 Å². The Morgan fingerprint density at radius 2 is 2.18 bits per heavy atom. The zero-order valence-electron chi connectivity index (χ0n) is 9.01. The molecule has 0 spiro atoms. The average molecular weight is 290 g/mol. The van der Waals surface area contributed by atoms with Crippen LogP contribution in [0, 0.1) is 18.3 Å². The molecule has 0 amide bonds. The Bertz CT molecular complexity index is 593.